The molecule has 0 saturated carbocycles. The van der Waals surface area contributed by atoms with Crippen molar-refractivity contribution in [3.05, 3.63) is 0 Å². The minimum Gasteiger partial charge on any atom is -0.409 e. The van der Waals surface area contributed by atoms with Gasteiger partial charge in [0.2, 0.25) is 5.91 Å². The number of amides is 1. The molecule has 6 heteroatoms. The molecule has 1 amide bonds. The molecule has 6 nitrogen and oxygen atoms in total. The van der Waals surface area contributed by atoms with E-state index in [0.717, 1.165) is 13.0 Å². The maximum Gasteiger partial charge on any atom is 0.233 e. The number of likely N-dealkylation sites (tertiary alicyclic amines) is 1. The smallest absolute Gasteiger partial charge is 0.233 e. The van der Waals surface area contributed by atoms with E-state index >= 15 is 0 Å². The van der Waals surface area contributed by atoms with Crippen molar-refractivity contribution in [1.82, 2.24) is 10.2 Å². The Hall–Kier alpha value is -1.30. The van der Waals surface area contributed by atoms with Gasteiger partial charge in [-0.1, -0.05) is 19.0 Å². The molecule has 1 heterocycles. The van der Waals surface area contributed by atoms with Crippen LogP contribution in [0.25, 0.3) is 0 Å². The highest BCUT2D eigenvalue weighted by Crippen LogP contribution is 2.26. The number of hydrogen-bond donors (Lipinski definition) is 3. The number of oxime groups is 1. The molecular formula is C14H28N4O2. The highest BCUT2D eigenvalue weighted by atomic mass is 16.4. The molecule has 0 spiro atoms. The summed E-state index contributed by atoms with van der Waals surface area (Å²) < 4.78 is 0. The zero-order valence-electron chi connectivity index (χ0n) is 12.7. The van der Waals surface area contributed by atoms with E-state index < -0.39 is 5.41 Å². The summed E-state index contributed by atoms with van der Waals surface area (Å²) in [6.45, 7) is 7.76. The second kappa shape index (κ2) is 8.09. The summed E-state index contributed by atoms with van der Waals surface area (Å²) >= 11 is 0. The lowest BCUT2D eigenvalue weighted by atomic mass is 9.80. The number of carbonyl (C=O) groups is 1. The van der Waals surface area contributed by atoms with Gasteiger partial charge in [-0.2, -0.15) is 0 Å². The predicted octanol–water partition coefficient (Wildman–Crippen LogP) is 1.14. The molecule has 1 aliphatic rings. The molecule has 0 unspecified atom stereocenters. The van der Waals surface area contributed by atoms with Gasteiger partial charge in [0.25, 0.3) is 0 Å². The first-order valence-corrected chi connectivity index (χ1v) is 7.59. The zero-order valence-corrected chi connectivity index (χ0v) is 12.7. The van der Waals surface area contributed by atoms with E-state index in [2.05, 4.69) is 15.4 Å². The molecule has 0 atom stereocenters. The Balaban J connectivity index is 2.42. The Kier molecular flexibility index (Phi) is 6.78. The summed E-state index contributed by atoms with van der Waals surface area (Å²) in [5.41, 5.74) is 4.82. The first-order chi connectivity index (χ1) is 9.60. The van der Waals surface area contributed by atoms with Crippen molar-refractivity contribution < 1.29 is 10.0 Å². The monoisotopic (exact) mass is 284 g/mol. The number of rotatable bonds is 8. The highest BCUT2D eigenvalue weighted by molar-refractivity contribution is 6.06. The second-order valence-corrected chi connectivity index (χ2v) is 5.43. The number of hydrogen-bond acceptors (Lipinski definition) is 4. The van der Waals surface area contributed by atoms with Gasteiger partial charge >= 0.3 is 0 Å². The van der Waals surface area contributed by atoms with Crippen molar-refractivity contribution in [2.75, 3.05) is 26.2 Å². The number of nitrogens with one attached hydrogen (secondary N) is 1. The largest absolute Gasteiger partial charge is 0.409 e. The van der Waals surface area contributed by atoms with E-state index in [1.54, 1.807) is 0 Å². The van der Waals surface area contributed by atoms with Crippen LogP contribution >= 0.6 is 0 Å². The molecule has 1 saturated heterocycles. The molecule has 0 aliphatic carbocycles. The maximum absolute atomic E-state index is 12.3. The number of carbonyl (C=O) groups excluding carboxylic acids is 1. The average molecular weight is 284 g/mol. The van der Waals surface area contributed by atoms with Gasteiger partial charge in [0.1, 0.15) is 5.41 Å². The third kappa shape index (κ3) is 3.85. The van der Waals surface area contributed by atoms with E-state index in [-0.39, 0.29) is 11.7 Å². The quantitative estimate of drug-likeness (QED) is 0.205. The first kappa shape index (κ1) is 16.8. The molecule has 0 aromatic rings. The van der Waals surface area contributed by atoms with Crippen LogP contribution in [0.1, 0.15) is 46.0 Å². The lowest BCUT2D eigenvalue weighted by molar-refractivity contribution is -0.128. The minimum atomic E-state index is -0.887. The van der Waals surface area contributed by atoms with E-state index in [9.17, 15) is 4.79 Å². The molecule has 1 fully saturated rings. The topological polar surface area (TPSA) is 91.0 Å². The Morgan fingerprint density at radius 1 is 1.35 bits per heavy atom. The standard InChI is InChI=1S/C14H28N4O2/c1-3-14(4-2,12(15)17-20)13(19)16-8-7-11-18-9-5-6-10-18/h20H,3-11H2,1-2H3,(H2,15,17)(H,16,19). The van der Waals surface area contributed by atoms with Crippen LogP contribution in [-0.2, 0) is 4.79 Å². The van der Waals surface area contributed by atoms with Crippen molar-refractivity contribution in [2.45, 2.75) is 46.0 Å². The third-order valence-electron chi connectivity index (χ3n) is 4.38. The van der Waals surface area contributed by atoms with Crippen LogP contribution in [0, 0.1) is 5.41 Å². The van der Waals surface area contributed by atoms with E-state index in [1.807, 2.05) is 13.8 Å². The summed E-state index contributed by atoms with van der Waals surface area (Å²) in [6, 6.07) is 0. The lowest BCUT2D eigenvalue weighted by Crippen LogP contribution is -2.49. The van der Waals surface area contributed by atoms with Gasteiger partial charge in [-0.05, 0) is 51.7 Å². The van der Waals surface area contributed by atoms with Crippen LogP contribution in [0.5, 0.6) is 0 Å². The van der Waals surface area contributed by atoms with Gasteiger partial charge in [0.15, 0.2) is 5.84 Å². The maximum atomic E-state index is 12.3. The van der Waals surface area contributed by atoms with Crippen molar-refractivity contribution in [1.29, 1.82) is 0 Å². The van der Waals surface area contributed by atoms with Crippen molar-refractivity contribution in [3.63, 3.8) is 0 Å². The summed E-state index contributed by atoms with van der Waals surface area (Å²) in [4.78, 5) is 14.7. The zero-order chi connectivity index (χ0) is 15.0. The third-order valence-corrected chi connectivity index (χ3v) is 4.38. The van der Waals surface area contributed by atoms with Gasteiger partial charge in [0, 0.05) is 6.54 Å². The molecule has 0 bridgehead atoms. The van der Waals surface area contributed by atoms with Crippen molar-refractivity contribution in [3.8, 4) is 0 Å². The Bertz CT molecular complexity index is 334. The molecule has 0 radical (unpaired) electrons. The molecule has 0 aromatic heterocycles. The molecule has 0 aromatic carbocycles. The van der Waals surface area contributed by atoms with Gasteiger partial charge in [-0.3, -0.25) is 4.79 Å². The minimum absolute atomic E-state index is 0.000423. The molecule has 116 valence electrons. The average Bonchev–Trinajstić information content (AvgIpc) is 2.98. The van der Waals surface area contributed by atoms with Crippen LogP contribution in [0.4, 0.5) is 0 Å². The van der Waals surface area contributed by atoms with Crippen LogP contribution < -0.4 is 11.1 Å². The fourth-order valence-electron chi connectivity index (χ4n) is 2.83. The number of amidine groups is 1. The van der Waals surface area contributed by atoms with Crippen LogP contribution in [-0.4, -0.2) is 48.0 Å². The SMILES string of the molecule is CCC(CC)(C(=O)NCCCN1CCCC1)C(N)=NO. The Morgan fingerprint density at radius 3 is 2.45 bits per heavy atom. The van der Waals surface area contributed by atoms with Crippen LogP contribution in [0.2, 0.25) is 0 Å². The van der Waals surface area contributed by atoms with Crippen LogP contribution in [0.3, 0.4) is 0 Å². The summed E-state index contributed by atoms with van der Waals surface area (Å²) in [7, 11) is 0. The number of nitrogens with two attached hydrogens (primary N) is 1. The molecule has 1 rings (SSSR count). The predicted molar refractivity (Wildman–Crippen MR) is 79.7 cm³/mol. The van der Waals surface area contributed by atoms with E-state index in [0.29, 0.717) is 19.4 Å². The molecule has 1 aliphatic heterocycles. The summed E-state index contributed by atoms with van der Waals surface area (Å²) in [5.74, 6) is -0.140. The lowest BCUT2D eigenvalue weighted by Gasteiger charge is -2.28. The van der Waals surface area contributed by atoms with E-state index in [1.165, 1.54) is 25.9 Å². The fraction of sp³-hybridized carbons (Fsp3) is 0.857. The number of nitrogens with zero attached hydrogens (tertiary/aromatic N) is 2. The van der Waals surface area contributed by atoms with Gasteiger partial charge in [0.05, 0.1) is 0 Å². The van der Waals surface area contributed by atoms with Gasteiger partial charge in [-0.15, -0.1) is 0 Å². The van der Waals surface area contributed by atoms with Crippen molar-refractivity contribution >= 4 is 11.7 Å². The molecular weight excluding hydrogens is 256 g/mol. The summed E-state index contributed by atoms with van der Waals surface area (Å²) in [5, 5.41) is 14.8. The van der Waals surface area contributed by atoms with Gasteiger partial charge in [-0.25, -0.2) is 0 Å². The molecule has 4 N–H and O–H groups in total. The van der Waals surface area contributed by atoms with E-state index in [4.69, 9.17) is 10.9 Å². The Morgan fingerprint density at radius 2 is 1.95 bits per heavy atom. The summed E-state index contributed by atoms with van der Waals surface area (Å²) in [6.07, 6.45) is 4.55. The second-order valence-electron chi connectivity index (χ2n) is 5.43. The fourth-order valence-corrected chi connectivity index (χ4v) is 2.83. The van der Waals surface area contributed by atoms with Crippen molar-refractivity contribution in [2.24, 2.45) is 16.3 Å². The normalized spacial score (nSPS) is 17.4. The Labute approximate surface area is 121 Å². The molecule has 20 heavy (non-hydrogen) atoms. The first-order valence-electron chi connectivity index (χ1n) is 7.59. The van der Waals surface area contributed by atoms with Gasteiger partial charge < -0.3 is 21.2 Å². The van der Waals surface area contributed by atoms with Crippen LogP contribution in [0.15, 0.2) is 5.16 Å². The highest BCUT2D eigenvalue weighted by Gasteiger charge is 2.39.